The van der Waals surface area contributed by atoms with Crippen molar-refractivity contribution in [1.82, 2.24) is 0 Å². The summed E-state index contributed by atoms with van der Waals surface area (Å²) in [6.07, 6.45) is 0.0903. The van der Waals surface area contributed by atoms with Gasteiger partial charge in [0.05, 0.1) is 12.7 Å². The Morgan fingerprint density at radius 1 is 1.00 bits per heavy atom. The largest absolute Gasteiger partial charge is 0.491 e. The van der Waals surface area contributed by atoms with E-state index in [1.807, 2.05) is 68.4 Å². The zero-order valence-corrected chi connectivity index (χ0v) is 12.7. The van der Waals surface area contributed by atoms with Crippen molar-refractivity contribution in [1.29, 1.82) is 0 Å². The normalized spacial score (nSPS) is 14.0. The molecule has 3 nitrogen and oxygen atoms in total. The quantitative estimate of drug-likeness (QED) is 0.885. The van der Waals surface area contributed by atoms with Crippen molar-refractivity contribution in [2.75, 3.05) is 13.7 Å². The van der Waals surface area contributed by atoms with Crippen LogP contribution in [0.25, 0.3) is 0 Å². The number of ether oxygens (including phenoxy) is 2. The maximum absolute atomic E-state index is 11.1. The van der Waals surface area contributed by atoms with Crippen molar-refractivity contribution in [3.05, 3.63) is 65.7 Å². The van der Waals surface area contributed by atoms with E-state index >= 15 is 0 Å². The number of hydrogen-bond acceptors (Lipinski definition) is 3. The van der Waals surface area contributed by atoms with Crippen molar-refractivity contribution >= 4 is 0 Å². The van der Waals surface area contributed by atoms with Gasteiger partial charge in [0, 0.05) is 7.11 Å². The van der Waals surface area contributed by atoms with E-state index in [1.165, 1.54) is 0 Å². The van der Waals surface area contributed by atoms with Crippen molar-refractivity contribution in [2.45, 2.75) is 25.6 Å². The first-order chi connectivity index (χ1) is 10.1. The summed E-state index contributed by atoms with van der Waals surface area (Å²) in [5.74, 6) is 0.743. The van der Waals surface area contributed by atoms with E-state index in [0.29, 0.717) is 0 Å². The molecule has 2 rings (SSSR count). The summed E-state index contributed by atoms with van der Waals surface area (Å²) in [6.45, 7) is 4.14. The Bertz CT molecular complexity index is 566. The first kappa shape index (κ1) is 15.5. The van der Waals surface area contributed by atoms with Crippen LogP contribution >= 0.6 is 0 Å². The molecule has 0 spiro atoms. The summed E-state index contributed by atoms with van der Waals surface area (Å²) in [7, 11) is 1.59. The first-order valence-corrected chi connectivity index (χ1v) is 7.10. The van der Waals surface area contributed by atoms with Gasteiger partial charge in [0.25, 0.3) is 0 Å². The molecule has 0 heterocycles. The van der Waals surface area contributed by atoms with E-state index in [0.717, 1.165) is 16.9 Å². The lowest BCUT2D eigenvalue weighted by molar-refractivity contribution is -0.00347. The van der Waals surface area contributed by atoms with Crippen LogP contribution in [-0.4, -0.2) is 24.9 Å². The number of rotatable bonds is 6. The van der Waals surface area contributed by atoms with Crippen LogP contribution in [0, 0.1) is 0 Å². The predicted octanol–water partition coefficient (Wildman–Crippen LogP) is 3.36. The molecule has 0 saturated carbocycles. The van der Waals surface area contributed by atoms with E-state index in [1.54, 1.807) is 7.11 Å². The minimum atomic E-state index is -1.19. The maximum Gasteiger partial charge on any atom is 0.138 e. The molecule has 0 amide bonds. The zero-order valence-electron chi connectivity index (χ0n) is 12.7. The standard InChI is InChI=1S/C18H22O3/c1-14(2)21-17-11-7-10-16(12-17)18(19,13-20-3)15-8-5-4-6-9-15/h4-12,14,19H,13H2,1-3H3. The average molecular weight is 286 g/mol. The van der Waals surface area contributed by atoms with Crippen molar-refractivity contribution in [3.63, 3.8) is 0 Å². The van der Waals surface area contributed by atoms with Crippen molar-refractivity contribution < 1.29 is 14.6 Å². The summed E-state index contributed by atoms with van der Waals surface area (Å²) in [5, 5.41) is 11.1. The maximum atomic E-state index is 11.1. The van der Waals surface area contributed by atoms with Gasteiger partial charge in [0.2, 0.25) is 0 Å². The SMILES string of the molecule is COCC(O)(c1ccccc1)c1cccc(OC(C)C)c1. The molecule has 1 unspecified atom stereocenters. The van der Waals surface area contributed by atoms with Gasteiger partial charge in [0.1, 0.15) is 11.4 Å². The monoisotopic (exact) mass is 286 g/mol. The van der Waals surface area contributed by atoms with E-state index < -0.39 is 5.60 Å². The number of methoxy groups -OCH3 is 1. The van der Waals surface area contributed by atoms with E-state index in [9.17, 15) is 5.11 Å². The smallest absolute Gasteiger partial charge is 0.138 e. The van der Waals surface area contributed by atoms with Gasteiger partial charge in [-0.15, -0.1) is 0 Å². The second kappa shape index (κ2) is 6.74. The predicted molar refractivity (Wildman–Crippen MR) is 83.5 cm³/mol. The van der Waals surface area contributed by atoms with Crippen LogP contribution in [-0.2, 0) is 10.3 Å². The first-order valence-electron chi connectivity index (χ1n) is 7.10. The molecule has 0 bridgehead atoms. The molecule has 0 aliphatic heterocycles. The molecule has 3 heteroatoms. The molecule has 1 atom stereocenters. The molecule has 2 aromatic carbocycles. The molecule has 0 saturated heterocycles. The molecule has 0 aromatic heterocycles. The lowest BCUT2D eigenvalue weighted by Crippen LogP contribution is -2.32. The molecule has 0 aliphatic rings. The molecule has 0 radical (unpaired) electrons. The Morgan fingerprint density at radius 2 is 1.67 bits per heavy atom. The van der Waals surface area contributed by atoms with Crippen LogP contribution in [0.3, 0.4) is 0 Å². The molecule has 0 aliphatic carbocycles. The third-order valence-corrected chi connectivity index (χ3v) is 3.29. The molecular weight excluding hydrogens is 264 g/mol. The lowest BCUT2D eigenvalue weighted by atomic mass is 9.87. The Balaban J connectivity index is 2.43. The van der Waals surface area contributed by atoms with Gasteiger partial charge in [0.15, 0.2) is 0 Å². The van der Waals surface area contributed by atoms with Crippen LogP contribution in [0.5, 0.6) is 5.75 Å². The third kappa shape index (κ3) is 3.63. The fourth-order valence-electron chi connectivity index (χ4n) is 2.35. The second-order valence-electron chi connectivity index (χ2n) is 5.35. The Labute approximate surface area is 126 Å². The van der Waals surface area contributed by atoms with Gasteiger partial charge >= 0.3 is 0 Å². The molecule has 1 N–H and O–H groups in total. The number of benzene rings is 2. The van der Waals surface area contributed by atoms with Crippen LogP contribution in [0.2, 0.25) is 0 Å². The van der Waals surface area contributed by atoms with Crippen LogP contribution in [0.4, 0.5) is 0 Å². The van der Waals surface area contributed by atoms with Crippen molar-refractivity contribution in [2.24, 2.45) is 0 Å². The third-order valence-electron chi connectivity index (χ3n) is 3.29. The zero-order chi connectivity index (χ0) is 15.3. The fourth-order valence-corrected chi connectivity index (χ4v) is 2.35. The highest BCUT2D eigenvalue weighted by atomic mass is 16.5. The number of hydrogen-bond donors (Lipinski definition) is 1. The van der Waals surface area contributed by atoms with Crippen LogP contribution < -0.4 is 4.74 Å². The van der Waals surface area contributed by atoms with Gasteiger partial charge in [-0.3, -0.25) is 0 Å². The second-order valence-corrected chi connectivity index (χ2v) is 5.35. The summed E-state index contributed by atoms with van der Waals surface area (Å²) in [5.41, 5.74) is 0.370. The van der Waals surface area contributed by atoms with Crippen molar-refractivity contribution in [3.8, 4) is 5.75 Å². The average Bonchev–Trinajstić information content (AvgIpc) is 2.48. The highest BCUT2D eigenvalue weighted by molar-refractivity contribution is 5.40. The van der Waals surface area contributed by atoms with Crippen LogP contribution in [0.1, 0.15) is 25.0 Å². The molecule has 112 valence electrons. The van der Waals surface area contributed by atoms with E-state index in [-0.39, 0.29) is 12.7 Å². The highest BCUT2D eigenvalue weighted by Crippen LogP contribution is 2.32. The topological polar surface area (TPSA) is 38.7 Å². The Kier molecular flexibility index (Phi) is 4.99. The van der Waals surface area contributed by atoms with Crippen LogP contribution in [0.15, 0.2) is 54.6 Å². The summed E-state index contributed by atoms with van der Waals surface area (Å²) in [4.78, 5) is 0. The minimum absolute atomic E-state index is 0.0903. The summed E-state index contributed by atoms with van der Waals surface area (Å²) < 4.78 is 11.0. The summed E-state index contributed by atoms with van der Waals surface area (Å²) >= 11 is 0. The van der Waals surface area contributed by atoms with E-state index in [4.69, 9.17) is 9.47 Å². The Morgan fingerprint density at radius 3 is 2.29 bits per heavy atom. The highest BCUT2D eigenvalue weighted by Gasteiger charge is 2.31. The molecule has 2 aromatic rings. The fraction of sp³-hybridized carbons (Fsp3) is 0.333. The molecule has 0 fully saturated rings. The Hall–Kier alpha value is -1.84. The number of aliphatic hydroxyl groups is 1. The lowest BCUT2D eigenvalue weighted by Gasteiger charge is -2.29. The molecule has 21 heavy (non-hydrogen) atoms. The van der Waals surface area contributed by atoms with Gasteiger partial charge in [-0.1, -0.05) is 42.5 Å². The van der Waals surface area contributed by atoms with Gasteiger partial charge in [-0.25, -0.2) is 0 Å². The van der Waals surface area contributed by atoms with Gasteiger partial charge in [-0.05, 0) is 37.1 Å². The van der Waals surface area contributed by atoms with Gasteiger partial charge < -0.3 is 14.6 Å². The van der Waals surface area contributed by atoms with Gasteiger partial charge in [-0.2, -0.15) is 0 Å². The summed E-state index contributed by atoms with van der Waals surface area (Å²) in [6, 6.07) is 17.1. The molecular formula is C18H22O3. The minimum Gasteiger partial charge on any atom is -0.491 e. The van der Waals surface area contributed by atoms with E-state index in [2.05, 4.69) is 0 Å².